The molecular formula is C9H16BrN3O2S. The fourth-order valence-electron chi connectivity index (χ4n) is 1.29. The molecule has 0 aliphatic heterocycles. The van der Waals surface area contributed by atoms with Gasteiger partial charge in [-0.2, -0.15) is 0 Å². The van der Waals surface area contributed by atoms with Crippen LogP contribution in [0.15, 0.2) is 11.2 Å². The number of nitrogens with one attached hydrogen (secondary N) is 1. The molecule has 0 amide bonds. The first-order chi connectivity index (χ1) is 7.40. The Bertz CT molecular complexity index is 455. The minimum Gasteiger partial charge on any atom is -0.334 e. The fourth-order valence-corrected chi connectivity index (χ4v) is 2.91. The van der Waals surface area contributed by atoms with E-state index in [-0.39, 0.29) is 11.1 Å². The van der Waals surface area contributed by atoms with Crippen molar-refractivity contribution in [1.82, 2.24) is 14.3 Å². The standard InChI is InChI=1S/C9H16BrN3O2S/c1-4-13-6-9(11-8(13)3)16(14,15)12-7(2)5-10/h6-7,12H,4-5H2,1-3H3. The number of hydrogen-bond donors (Lipinski definition) is 1. The third-order valence-electron chi connectivity index (χ3n) is 2.16. The first-order valence-corrected chi connectivity index (χ1v) is 7.63. The maximum atomic E-state index is 11.9. The summed E-state index contributed by atoms with van der Waals surface area (Å²) >= 11 is 3.22. The quantitative estimate of drug-likeness (QED) is 0.833. The molecule has 0 aromatic carbocycles. The van der Waals surface area contributed by atoms with Crippen molar-refractivity contribution >= 4 is 26.0 Å². The normalized spacial score (nSPS) is 14.0. The lowest BCUT2D eigenvalue weighted by molar-refractivity contribution is 0.568. The molecule has 16 heavy (non-hydrogen) atoms. The van der Waals surface area contributed by atoms with Crippen molar-refractivity contribution in [3.8, 4) is 0 Å². The van der Waals surface area contributed by atoms with Crippen LogP contribution in [0.25, 0.3) is 0 Å². The number of nitrogens with zero attached hydrogens (tertiary/aromatic N) is 2. The summed E-state index contributed by atoms with van der Waals surface area (Å²) in [4.78, 5) is 4.04. The van der Waals surface area contributed by atoms with Crippen molar-refractivity contribution in [2.75, 3.05) is 5.33 Å². The molecule has 1 atom stereocenters. The van der Waals surface area contributed by atoms with Gasteiger partial charge in [-0.05, 0) is 20.8 Å². The molecule has 0 aliphatic rings. The number of aryl methyl sites for hydroxylation is 2. The molecule has 1 heterocycles. The van der Waals surface area contributed by atoms with Crippen LogP contribution < -0.4 is 4.72 Å². The van der Waals surface area contributed by atoms with E-state index in [0.29, 0.717) is 17.7 Å². The molecule has 0 saturated carbocycles. The molecule has 5 nitrogen and oxygen atoms in total. The Morgan fingerprint density at radius 1 is 1.62 bits per heavy atom. The van der Waals surface area contributed by atoms with E-state index < -0.39 is 10.0 Å². The van der Waals surface area contributed by atoms with Gasteiger partial charge in [0, 0.05) is 24.1 Å². The second-order valence-electron chi connectivity index (χ2n) is 3.59. The fraction of sp³-hybridized carbons (Fsp3) is 0.667. The van der Waals surface area contributed by atoms with Gasteiger partial charge in [0.05, 0.1) is 0 Å². The zero-order chi connectivity index (χ0) is 12.3. The SMILES string of the molecule is CCn1cc(S(=O)(=O)NC(C)CBr)nc1C. The summed E-state index contributed by atoms with van der Waals surface area (Å²) in [6.07, 6.45) is 1.55. The molecule has 0 radical (unpaired) electrons. The van der Waals surface area contributed by atoms with Crippen LogP contribution in [0.2, 0.25) is 0 Å². The second kappa shape index (κ2) is 5.29. The zero-order valence-electron chi connectivity index (χ0n) is 9.57. The van der Waals surface area contributed by atoms with Crippen LogP contribution in [0.1, 0.15) is 19.7 Å². The van der Waals surface area contributed by atoms with Gasteiger partial charge < -0.3 is 4.57 Å². The first kappa shape index (κ1) is 13.7. The van der Waals surface area contributed by atoms with Crippen LogP contribution >= 0.6 is 15.9 Å². The smallest absolute Gasteiger partial charge is 0.259 e. The van der Waals surface area contributed by atoms with E-state index in [0.717, 1.165) is 0 Å². The minimum atomic E-state index is -3.50. The summed E-state index contributed by atoms with van der Waals surface area (Å²) in [6.45, 7) is 6.23. The predicted molar refractivity (Wildman–Crippen MR) is 66.2 cm³/mol. The lowest BCUT2D eigenvalue weighted by Gasteiger charge is -2.08. The number of imidazole rings is 1. The highest BCUT2D eigenvalue weighted by Gasteiger charge is 2.20. The topological polar surface area (TPSA) is 64.0 Å². The number of aromatic nitrogens is 2. The van der Waals surface area contributed by atoms with E-state index in [1.165, 1.54) is 0 Å². The molecule has 0 spiro atoms. The van der Waals surface area contributed by atoms with Gasteiger partial charge >= 0.3 is 0 Å². The Kier molecular flexibility index (Phi) is 4.52. The number of halogens is 1. The summed E-state index contributed by atoms with van der Waals surface area (Å²) in [5, 5.41) is 0.652. The molecule has 1 unspecified atom stereocenters. The Balaban J connectivity index is 2.98. The monoisotopic (exact) mass is 309 g/mol. The number of sulfonamides is 1. The van der Waals surface area contributed by atoms with Crippen LogP contribution in [0.4, 0.5) is 0 Å². The van der Waals surface area contributed by atoms with Gasteiger partial charge in [-0.25, -0.2) is 18.1 Å². The van der Waals surface area contributed by atoms with E-state index in [9.17, 15) is 8.42 Å². The maximum absolute atomic E-state index is 11.9. The molecular weight excluding hydrogens is 294 g/mol. The van der Waals surface area contributed by atoms with Crippen LogP contribution in [0, 0.1) is 6.92 Å². The highest BCUT2D eigenvalue weighted by molar-refractivity contribution is 9.09. The average molecular weight is 310 g/mol. The zero-order valence-corrected chi connectivity index (χ0v) is 12.0. The maximum Gasteiger partial charge on any atom is 0.259 e. The van der Waals surface area contributed by atoms with Crippen molar-refractivity contribution in [2.24, 2.45) is 0 Å². The van der Waals surface area contributed by atoms with Crippen LogP contribution in [0.3, 0.4) is 0 Å². The molecule has 0 aliphatic carbocycles. The largest absolute Gasteiger partial charge is 0.334 e. The second-order valence-corrected chi connectivity index (χ2v) is 5.90. The highest BCUT2D eigenvalue weighted by Crippen LogP contribution is 2.09. The van der Waals surface area contributed by atoms with Crippen molar-refractivity contribution in [2.45, 2.75) is 38.4 Å². The molecule has 1 N–H and O–H groups in total. The van der Waals surface area contributed by atoms with Gasteiger partial charge in [-0.3, -0.25) is 0 Å². The molecule has 92 valence electrons. The molecule has 1 rings (SSSR count). The number of hydrogen-bond acceptors (Lipinski definition) is 3. The molecule has 0 fully saturated rings. The van der Waals surface area contributed by atoms with Gasteiger partial charge in [0.1, 0.15) is 5.82 Å². The van der Waals surface area contributed by atoms with E-state index in [1.807, 2.05) is 6.92 Å². The summed E-state index contributed by atoms with van der Waals surface area (Å²) in [6, 6.07) is -0.155. The molecule has 0 saturated heterocycles. The summed E-state index contributed by atoms with van der Waals surface area (Å²) in [5.41, 5.74) is 0. The third-order valence-corrected chi connectivity index (χ3v) is 4.59. The predicted octanol–water partition coefficient (Wildman–Crippen LogP) is 1.27. The van der Waals surface area contributed by atoms with Crippen LogP contribution in [0.5, 0.6) is 0 Å². The first-order valence-electron chi connectivity index (χ1n) is 5.02. The van der Waals surface area contributed by atoms with Crippen LogP contribution in [-0.4, -0.2) is 29.3 Å². The average Bonchev–Trinajstić information content (AvgIpc) is 2.59. The summed E-state index contributed by atoms with van der Waals surface area (Å²) in [7, 11) is -3.50. The van der Waals surface area contributed by atoms with Crippen molar-refractivity contribution < 1.29 is 8.42 Å². The van der Waals surface area contributed by atoms with Gasteiger partial charge in [-0.1, -0.05) is 15.9 Å². The molecule has 1 aromatic heterocycles. The minimum absolute atomic E-state index is 0.0830. The third kappa shape index (κ3) is 3.05. The summed E-state index contributed by atoms with van der Waals surface area (Å²) < 4.78 is 28.1. The number of alkyl halides is 1. The number of rotatable bonds is 5. The van der Waals surface area contributed by atoms with E-state index >= 15 is 0 Å². The van der Waals surface area contributed by atoms with Gasteiger partial charge in [0.2, 0.25) is 0 Å². The van der Waals surface area contributed by atoms with Crippen LogP contribution in [-0.2, 0) is 16.6 Å². The Morgan fingerprint density at radius 3 is 2.69 bits per heavy atom. The van der Waals surface area contributed by atoms with E-state index in [2.05, 4.69) is 25.6 Å². The lowest BCUT2D eigenvalue weighted by atomic mass is 10.4. The summed E-state index contributed by atoms with van der Waals surface area (Å²) in [5.74, 6) is 0.703. The van der Waals surface area contributed by atoms with E-state index in [1.54, 1.807) is 24.6 Å². The van der Waals surface area contributed by atoms with Gasteiger partial charge in [0.25, 0.3) is 10.0 Å². The van der Waals surface area contributed by atoms with E-state index in [4.69, 9.17) is 0 Å². The Hall–Kier alpha value is -0.400. The van der Waals surface area contributed by atoms with Crippen molar-refractivity contribution in [1.29, 1.82) is 0 Å². The molecule has 0 bridgehead atoms. The lowest BCUT2D eigenvalue weighted by Crippen LogP contribution is -2.33. The Morgan fingerprint density at radius 2 is 2.25 bits per heavy atom. The van der Waals surface area contributed by atoms with Crippen molar-refractivity contribution in [3.05, 3.63) is 12.0 Å². The van der Waals surface area contributed by atoms with Crippen molar-refractivity contribution in [3.63, 3.8) is 0 Å². The molecule has 7 heteroatoms. The highest BCUT2D eigenvalue weighted by atomic mass is 79.9. The van der Waals surface area contributed by atoms with Gasteiger partial charge in [0.15, 0.2) is 5.03 Å². The molecule has 1 aromatic rings. The van der Waals surface area contributed by atoms with Gasteiger partial charge in [-0.15, -0.1) is 0 Å². The Labute approximate surface area is 104 Å².